The Morgan fingerprint density at radius 3 is 2.79 bits per heavy atom. The van der Waals surface area contributed by atoms with Crippen molar-refractivity contribution in [2.45, 2.75) is 5.16 Å². The van der Waals surface area contributed by atoms with Gasteiger partial charge in [-0.1, -0.05) is 35.5 Å². The molecule has 7 nitrogen and oxygen atoms in total. The van der Waals surface area contributed by atoms with Crippen molar-refractivity contribution < 1.29 is 13.9 Å². The van der Waals surface area contributed by atoms with Crippen molar-refractivity contribution in [2.75, 3.05) is 18.2 Å². The zero-order valence-corrected chi connectivity index (χ0v) is 17.3. The third-order valence-electron chi connectivity index (χ3n) is 4.24. The van der Waals surface area contributed by atoms with E-state index in [-0.39, 0.29) is 11.7 Å². The van der Waals surface area contributed by atoms with Crippen LogP contribution >= 0.6 is 23.4 Å². The fraction of sp³-hybridized carbons (Fsp3) is 0.150. The Kier molecular flexibility index (Phi) is 5.46. The maximum absolute atomic E-state index is 12.2. The highest BCUT2D eigenvalue weighted by Crippen LogP contribution is 2.33. The van der Waals surface area contributed by atoms with Gasteiger partial charge in [0, 0.05) is 23.1 Å². The van der Waals surface area contributed by atoms with Gasteiger partial charge in [0.15, 0.2) is 28.1 Å². The Balaban J connectivity index is 1.47. The molecule has 0 aliphatic carbocycles. The molecule has 2 aromatic carbocycles. The minimum atomic E-state index is -0.143. The molecule has 2 heterocycles. The third-order valence-corrected chi connectivity index (χ3v) is 5.52. The fourth-order valence-corrected chi connectivity index (χ4v) is 3.66. The molecule has 4 rings (SSSR count). The van der Waals surface area contributed by atoms with Gasteiger partial charge in [0.25, 0.3) is 0 Å². The number of furan rings is 1. The zero-order chi connectivity index (χ0) is 20.4. The molecular formula is C20H17ClN4O3S. The van der Waals surface area contributed by atoms with Gasteiger partial charge in [-0.05, 0) is 36.4 Å². The summed E-state index contributed by atoms with van der Waals surface area (Å²) in [6, 6.07) is 14.5. The molecule has 0 spiro atoms. The number of halogens is 1. The van der Waals surface area contributed by atoms with Crippen molar-refractivity contribution in [2.24, 2.45) is 7.05 Å². The van der Waals surface area contributed by atoms with Gasteiger partial charge in [-0.2, -0.15) is 0 Å². The van der Waals surface area contributed by atoms with E-state index in [4.69, 9.17) is 20.8 Å². The largest absolute Gasteiger partial charge is 0.493 e. The normalized spacial score (nSPS) is 11.0. The molecule has 0 aliphatic heterocycles. The third kappa shape index (κ3) is 4.08. The second-order valence-electron chi connectivity index (χ2n) is 6.20. The number of fused-ring (bicyclic) bond motifs is 1. The first-order valence-electron chi connectivity index (χ1n) is 8.69. The number of rotatable bonds is 6. The van der Waals surface area contributed by atoms with E-state index in [2.05, 4.69) is 15.5 Å². The molecule has 0 fully saturated rings. The summed E-state index contributed by atoms with van der Waals surface area (Å²) >= 11 is 7.15. The van der Waals surface area contributed by atoms with Crippen LogP contribution in [0, 0.1) is 0 Å². The Morgan fingerprint density at radius 2 is 2.03 bits per heavy atom. The van der Waals surface area contributed by atoms with Crippen LogP contribution in [0.25, 0.3) is 22.6 Å². The number of ether oxygens (including phenoxy) is 1. The number of amides is 1. The standard InChI is InChI=1S/C20H17ClN4O3S/c1-25-19(16-10-12-4-3-5-15(27-2)18(12)28-16)23-24-20(25)29-11-17(26)22-14-8-6-13(21)7-9-14/h3-10H,11H2,1-2H3,(H,22,26). The van der Waals surface area contributed by atoms with Crippen molar-refractivity contribution in [3.05, 3.63) is 53.6 Å². The van der Waals surface area contributed by atoms with Crippen LogP contribution in [-0.4, -0.2) is 33.5 Å². The highest BCUT2D eigenvalue weighted by atomic mass is 35.5. The second kappa shape index (κ2) is 8.18. The molecule has 0 aliphatic rings. The second-order valence-corrected chi connectivity index (χ2v) is 7.58. The lowest BCUT2D eigenvalue weighted by Crippen LogP contribution is -2.14. The number of hydrogen-bond acceptors (Lipinski definition) is 6. The van der Waals surface area contributed by atoms with Crippen molar-refractivity contribution in [1.82, 2.24) is 14.8 Å². The molecule has 1 amide bonds. The summed E-state index contributed by atoms with van der Waals surface area (Å²) in [5.74, 6) is 1.86. The first kappa shape index (κ1) is 19.4. The van der Waals surface area contributed by atoms with Crippen molar-refractivity contribution in [1.29, 1.82) is 0 Å². The lowest BCUT2D eigenvalue weighted by atomic mass is 10.2. The SMILES string of the molecule is COc1cccc2cc(-c3nnc(SCC(=O)Nc4ccc(Cl)cc4)n3C)oc12. The lowest BCUT2D eigenvalue weighted by molar-refractivity contribution is -0.113. The van der Waals surface area contributed by atoms with Crippen LogP contribution in [0.4, 0.5) is 5.69 Å². The summed E-state index contributed by atoms with van der Waals surface area (Å²) < 4.78 is 13.1. The molecule has 148 valence electrons. The average Bonchev–Trinajstić information content (AvgIpc) is 3.31. The number of methoxy groups -OCH3 is 1. The summed E-state index contributed by atoms with van der Waals surface area (Å²) in [5, 5.41) is 13.4. The Labute approximate surface area is 176 Å². The van der Waals surface area contributed by atoms with Gasteiger partial charge in [0.2, 0.25) is 5.91 Å². The van der Waals surface area contributed by atoms with Gasteiger partial charge in [-0.3, -0.25) is 4.79 Å². The number of carbonyl (C=O) groups excluding carboxylic acids is 1. The number of nitrogens with one attached hydrogen (secondary N) is 1. The molecule has 0 atom stereocenters. The van der Waals surface area contributed by atoms with Crippen molar-refractivity contribution >= 4 is 45.9 Å². The molecular weight excluding hydrogens is 412 g/mol. The first-order chi connectivity index (χ1) is 14.0. The van der Waals surface area contributed by atoms with Crippen LogP contribution in [0.15, 0.2) is 58.1 Å². The van der Waals surface area contributed by atoms with Crippen LogP contribution in [0.1, 0.15) is 0 Å². The fourth-order valence-electron chi connectivity index (χ4n) is 2.82. The minimum Gasteiger partial charge on any atom is -0.493 e. The van der Waals surface area contributed by atoms with Gasteiger partial charge < -0.3 is 19.0 Å². The molecule has 0 radical (unpaired) electrons. The number of carbonyl (C=O) groups is 1. The predicted molar refractivity (Wildman–Crippen MR) is 114 cm³/mol. The average molecular weight is 429 g/mol. The number of para-hydroxylation sites is 1. The van der Waals surface area contributed by atoms with Gasteiger partial charge in [0.05, 0.1) is 12.9 Å². The molecule has 29 heavy (non-hydrogen) atoms. The number of hydrogen-bond donors (Lipinski definition) is 1. The van der Waals surface area contributed by atoms with Crippen LogP contribution in [0.2, 0.25) is 5.02 Å². The number of nitrogens with zero attached hydrogens (tertiary/aromatic N) is 3. The zero-order valence-electron chi connectivity index (χ0n) is 15.7. The molecule has 4 aromatic rings. The monoisotopic (exact) mass is 428 g/mol. The number of anilines is 1. The molecule has 0 saturated carbocycles. The highest BCUT2D eigenvalue weighted by Gasteiger charge is 2.17. The van der Waals surface area contributed by atoms with Gasteiger partial charge in [-0.25, -0.2) is 0 Å². The quantitative estimate of drug-likeness (QED) is 0.451. The van der Waals surface area contributed by atoms with E-state index in [1.807, 2.05) is 31.3 Å². The molecule has 9 heteroatoms. The van der Waals surface area contributed by atoms with E-state index in [0.717, 1.165) is 5.39 Å². The van der Waals surface area contributed by atoms with Crippen LogP contribution in [0.5, 0.6) is 5.75 Å². The van der Waals surface area contributed by atoms with Gasteiger partial charge >= 0.3 is 0 Å². The molecule has 0 unspecified atom stereocenters. The maximum atomic E-state index is 12.2. The van der Waals surface area contributed by atoms with Crippen molar-refractivity contribution in [3.8, 4) is 17.3 Å². The van der Waals surface area contributed by atoms with E-state index in [9.17, 15) is 4.79 Å². The number of benzene rings is 2. The Morgan fingerprint density at radius 1 is 1.24 bits per heavy atom. The van der Waals surface area contributed by atoms with E-state index in [1.54, 1.807) is 35.9 Å². The van der Waals surface area contributed by atoms with Crippen LogP contribution in [0.3, 0.4) is 0 Å². The van der Waals surface area contributed by atoms with Crippen LogP contribution in [-0.2, 0) is 11.8 Å². The van der Waals surface area contributed by atoms with E-state index in [0.29, 0.717) is 38.8 Å². The molecule has 0 saturated heterocycles. The van der Waals surface area contributed by atoms with E-state index >= 15 is 0 Å². The molecule has 1 N–H and O–H groups in total. The van der Waals surface area contributed by atoms with E-state index in [1.165, 1.54) is 11.8 Å². The molecule has 2 aromatic heterocycles. The summed E-state index contributed by atoms with van der Waals surface area (Å²) in [5.41, 5.74) is 1.35. The summed E-state index contributed by atoms with van der Waals surface area (Å²) in [4.78, 5) is 12.2. The van der Waals surface area contributed by atoms with Crippen molar-refractivity contribution in [3.63, 3.8) is 0 Å². The summed E-state index contributed by atoms with van der Waals surface area (Å²) in [6.45, 7) is 0. The summed E-state index contributed by atoms with van der Waals surface area (Å²) in [7, 11) is 3.43. The Bertz CT molecular complexity index is 1170. The first-order valence-corrected chi connectivity index (χ1v) is 10.1. The van der Waals surface area contributed by atoms with Crippen LogP contribution < -0.4 is 10.1 Å². The van der Waals surface area contributed by atoms with Gasteiger partial charge in [-0.15, -0.1) is 10.2 Å². The van der Waals surface area contributed by atoms with E-state index < -0.39 is 0 Å². The van der Waals surface area contributed by atoms with Gasteiger partial charge in [0.1, 0.15) is 0 Å². The molecule has 0 bridgehead atoms. The summed E-state index contributed by atoms with van der Waals surface area (Å²) in [6.07, 6.45) is 0. The number of thioether (sulfide) groups is 1. The minimum absolute atomic E-state index is 0.143. The Hall–Kier alpha value is -2.97. The lowest BCUT2D eigenvalue weighted by Gasteiger charge is -2.05. The topological polar surface area (TPSA) is 82.2 Å². The predicted octanol–water partition coefficient (Wildman–Crippen LogP) is 4.62. The highest BCUT2D eigenvalue weighted by molar-refractivity contribution is 7.99. The number of aromatic nitrogens is 3. The maximum Gasteiger partial charge on any atom is 0.234 e. The smallest absolute Gasteiger partial charge is 0.234 e.